The second-order valence-electron chi connectivity index (χ2n) is 6.89. The van der Waals surface area contributed by atoms with E-state index in [-0.39, 0.29) is 23.9 Å². The van der Waals surface area contributed by atoms with Gasteiger partial charge in [-0.1, -0.05) is 55.7 Å². The number of nitrogens with one attached hydrogen (secondary N) is 1. The van der Waals surface area contributed by atoms with Crippen molar-refractivity contribution in [1.82, 2.24) is 10.2 Å². The molecule has 0 atom stereocenters. The fourth-order valence-electron chi connectivity index (χ4n) is 3.76. The average Bonchev–Trinajstić information content (AvgIpc) is 2.60. The van der Waals surface area contributed by atoms with Crippen molar-refractivity contribution in [3.63, 3.8) is 0 Å². The summed E-state index contributed by atoms with van der Waals surface area (Å²) in [6.07, 6.45) is 6.14. The fourth-order valence-corrected chi connectivity index (χ4v) is 3.76. The topological polar surface area (TPSA) is 32.3 Å². The minimum absolute atomic E-state index is 0. The number of fused-ring (bicyclic) bond motifs is 1. The van der Waals surface area contributed by atoms with Gasteiger partial charge in [-0.25, -0.2) is 0 Å². The first-order valence-electron chi connectivity index (χ1n) is 8.56. The normalized spacial score (nSPS) is 16.6. The number of nitrogens with zero attached hydrogens (tertiary/aromatic N) is 1. The van der Waals surface area contributed by atoms with Crippen molar-refractivity contribution < 1.29 is 4.79 Å². The molecule has 0 heterocycles. The maximum atomic E-state index is 12.7. The van der Waals surface area contributed by atoms with Crippen molar-refractivity contribution in [2.24, 2.45) is 0 Å². The van der Waals surface area contributed by atoms with Gasteiger partial charge in [-0.2, -0.15) is 0 Å². The molecule has 0 aliphatic heterocycles. The summed E-state index contributed by atoms with van der Waals surface area (Å²) in [5.74, 6) is 0.0357. The second-order valence-corrected chi connectivity index (χ2v) is 6.89. The van der Waals surface area contributed by atoms with Crippen molar-refractivity contribution in [1.29, 1.82) is 0 Å². The zero-order chi connectivity index (χ0) is 16.3. The molecule has 0 aromatic heterocycles. The number of carbonyl (C=O) groups is 1. The number of carbonyl (C=O) groups excluding carboxylic acids is 1. The van der Waals surface area contributed by atoms with Crippen LogP contribution in [0.25, 0.3) is 10.8 Å². The van der Waals surface area contributed by atoms with Crippen LogP contribution in [0.4, 0.5) is 0 Å². The summed E-state index contributed by atoms with van der Waals surface area (Å²) in [5.41, 5.74) is 0.881. The Morgan fingerprint density at radius 3 is 2.42 bits per heavy atom. The summed E-state index contributed by atoms with van der Waals surface area (Å²) < 4.78 is 0. The van der Waals surface area contributed by atoms with Crippen LogP contribution in [0.3, 0.4) is 0 Å². The second kappa shape index (κ2) is 8.00. The molecule has 1 N–H and O–H groups in total. The first-order chi connectivity index (χ1) is 11.1. The molecule has 1 aliphatic carbocycles. The fraction of sp³-hybridized carbons (Fsp3) is 0.450. The molecule has 0 radical (unpaired) electrons. The maximum Gasteiger partial charge on any atom is 0.251 e. The smallest absolute Gasteiger partial charge is 0.251 e. The van der Waals surface area contributed by atoms with Gasteiger partial charge < -0.3 is 10.2 Å². The molecule has 3 rings (SSSR count). The Hall–Kier alpha value is -1.58. The van der Waals surface area contributed by atoms with Crippen LogP contribution in [0.15, 0.2) is 42.5 Å². The van der Waals surface area contributed by atoms with E-state index in [0.29, 0.717) is 0 Å². The lowest BCUT2D eigenvalue weighted by Gasteiger charge is -2.43. The van der Waals surface area contributed by atoms with Crippen molar-refractivity contribution in [3.05, 3.63) is 48.0 Å². The SMILES string of the molecule is CN(C)C1(CNC(=O)c2cccc3ccccc23)CCCCC1.Cl. The number of benzene rings is 2. The maximum absolute atomic E-state index is 12.7. The Morgan fingerprint density at radius 1 is 1.04 bits per heavy atom. The van der Waals surface area contributed by atoms with E-state index in [1.807, 2.05) is 30.3 Å². The Bertz CT molecular complexity index is 688. The molecule has 2 aromatic carbocycles. The van der Waals surface area contributed by atoms with Crippen LogP contribution in [0.5, 0.6) is 0 Å². The molecule has 1 aliphatic rings. The summed E-state index contributed by atoms with van der Waals surface area (Å²) in [7, 11) is 4.27. The van der Waals surface area contributed by atoms with Crippen LogP contribution in [0.1, 0.15) is 42.5 Å². The lowest BCUT2D eigenvalue weighted by molar-refractivity contribution is 0.0801. The van der Waals surface area contributed by atoms with Crippen LogP contribution < -0.4 is 5.32 Å². The Labute approximate surface area is 150 Å². The molecule has 0 saturated heterocycles. The molecule has 3 nitrogen and oxygen atoms in total. The Kier molecular flexibility index (Phi) is 6.25. The van der Waals surface area contributed by atoms with E-state index in [4.69, 9.17) is 0 Å². The van der Waals surface area contributed by atoms with Gasteiger partial charge in [0.1, 0.15) is 0 Å². The third-order valence-corrected chi connectivity index (χ3v) is 5.35. The van der Waals surface area contributed by atoms with Gasteiger partial charge in [0.2, 0.25) is 0 Å². The minimum Gasteiger partial charge on any atom is -0.350 e. The highest BCUT2D eigenvalue weighted by Gasteiger charge is 2.34. The van der Waals surface area contributed by atoms with Crippen molar-refractivity contribution in [2.45, 2.75) is 37.6 Å². The largest absolute Gasteiger partial charge is 0.350 e. The van der Waals surface area contributed by atoms with E-state index in [1.165, 1.54) is 19.3 Å². The van der Waals surface area contributed by atoms with Gasteiger partial charge in [0.05, 0.1) is 0 Å². The van der Waals surface area contributed by atoms with E-state index in [0.717, 1.165) is 35.7 Å². The van der Waals surface area contributed by atoms with E-state index in [9.17, 15) is 4.79 Å². The quantitative estimate of drug-likeness (QED) is 0.897. The first kappa shape index (κ1) is 18.8. The zero-order valence-electron chi connectivity index (χ0n) is 14.5. The number of hydrogen-bond donors (Lipinski definition) is 1. The van der Waals surface area contributed by atoms with Gasteiger partial charge in [0.25, 0.3) is 5.91 Å². The van der Waals surface area contributed by atoms with Gasteiger partial charge in [0, 0.05) is 17.6 Å². The number of likely N-dealkylation sites (N-methyl/N-ethyl adjacent to an activating group) is 1. The van der Waals surface area contributed by atoms with Gasteiger partial charge in [0.15, 0.2) is 0 Å². The lowest BCUT2D eigenvalue weighted by Crippen LogP contribution is -2.53. The van der Waals surface area contributed by atoms with Crippen LogP contribution in [-0.2, 0) is 0 Å². The molecule has 2 aromatic rings. The van der Waals surface area contributed by atoms with Crippen LogP contribution >= 0.6 is 12.4 Å². The highest BCUT2D eigenvalue weighted by atomic mass is 35.5. The molecule has 130 valence electrons. The Balaban J connectivity index is 0.00000208. The van der Waals surface area contributed by atoms with Gasteiger partial charge in [-0.3, -0.25) is 4.79 Å². The standard InChI is InChI=1S/C20H26N2O.ClH/c1-22(2)20(13-6-3-7-14-20)15-21-19(23)18-12-8-10-16-9-4-5-11-17(16)18;/h4-5,8-12H,3,6-7,13-15H2,1-2H3,(H,21,23);1H. The molecular weight excluding hydrogens is 320 g/mol. The van der Waals surface area contributed by atoms with Crippen LogP contribution in [-0.4, -0.2) is 37.0 Å². The number of amides is 1. The summed E-state index contributed by atoms with van der Waals surface area (Å²) >= 11 is 0. The highest BCUT2D eigenvalue weighted by molar-refractivity contribution is 6.07. The van der Waals surface area contributed by atoms with Crippen LogP contribution in [0, 0.1) is 0 Å². The number of halogens is 1. The third kappa shape index (κ3) is 3.73. The summed E-state index contributed by atoms with van der Waals surface area (Å²) in [4.78, 5) is 15.0. The minimum atomic E-state index is 0. The molecule has 1 saturated carbocycles. The molecule has 4 heteroatoms. The van der Waals surface area contributed by atoms with Crippen molar-refractivity contribution in [2.75, 3.05) is 20.6 Å². The average molecular weight is 347 g/mol. The molecule has 1 amide bonds. The molecule has 0 spiro atoms. The van der Waals surface area contributed by atoms with E-state index in [1.54, 1.807) is 0 Å². The molecule has 1 fully saturated rings. The summed E-state index contributed by atoms with van der Waals surface area (Å²) in [6, 6.07) is 14.0. The Morgan fingerprint density at radius 2 is 1.71 bits per heavy atom. The van der Waals surface area contributed by atoms with Crippen molar-refractivity contribution in [3.8, 4) is 0 Å². The van der Waals surface area contributed by atoms with E-state index in [2.05, 4.69) is 36.4 Å². The van der Waals surface area contributed by atoms with E-state index >= 15 is 0 Å². The summed E-state index contributed by atoms with van der Waals surface area (Å²) in [5, 5.41) is 5.34. The third-order valence-electron chi connectivity index (χ3n) is 5.35. The zero-order valence-corrected chi connectivity index (χ0v) is 15.4. The van der Waals surface area contributed by atoms with Crippen molar-refractivity contribution >= 4 is 29.1 Å². The number of rotatable bonds is 4. The monoisotopic (exact) mass is 346 g/mol. The van der Waals surface area contributed by atoms with E-state index < -0.39 is 0 Å². The first-order valence-corrected chi connectivity index (χ1v) is 8.56. The highest BCUT2D eigenvalue weighted by Crippen LogP contribution is 2.31. The predicted molar refractivity (Wildman–Crippen MR) is 103 cm³/mol. The van der Waals surface area contributed by atoms with Gasteiger partial charge in [-0.15, -0.1) is 12.4 Å². The van der Waals surface area contributed by atoms with Gasteiger partial charge >= 0.3 is 0 Å². The molecule has 0 bridgehead atoms. The van der Waals surface area contributed by atoms with Crippen LogP contribution in [0.2, 0.25) is 0 Å². The lowest BCUT2D eigenvalue weighted by atomic mass is 9.80. The predicted octanol–water partition coefficient (Wildman–Crippen LogP) is 4.26. The van der Waals surface area contributed by atoms with Gasteiger partial charge in [-0.05, 0) is 43.8 Å². The molecular formula is C20H27ClN2O. The molecule has 0 unspecified atom stereocenters. The number of hydrogen-bond acceptors (Lipinski definition) is 2. The summed E-state index contributed by atoms with van der Waals surface area (Å²) in [6.45, 7) is 0.724. The molecule has 24 heavy (non-hydrogen) atoms.